The first-order valence-corrected chi connectivity index (χ1v) is 9.89. The van der Waals surface area contributed by atoms with E-state index in [1.807, 2.05) is 41.8 Å². The van der Waals surface area contributed by atoms with Gasteiger partial charge in [0.1, 0.15) is 12.3 Å². The van der Waals surface area contributed by atoms with E-state index in [2.05, 4.69) is 10.3 Å². The van der Waals surface area contributed by atoms with Crippen molar-refractivity contribution in [2.75, 3.05) is 21.2 Å². The molecule has 1 aromatic carbocycles. The molecule has 0 fully saturated rings. The number of carbonyl (C=O) groups is 2. The van der Waals surface area contributed by atoms with Crippen LogP contribution in [0.5, 0.6) is 5.75 Å². The first kappa shape index (κ1) is 20.5. The minimum atomic E-state index is -0.257. The number of benzene rings is 1. The predicted octanol–water partition coefficient (Wildman–Crippen LogP) is 2.28. The number of methoxy groups -OCH3 is 1. The molecule has 0 saturated heterocycles. The zero-order valence-corrected chi connectivity index (χ0v) is 17.4. The van der Waals surface area contributed by atoms with Crippen molar-refractivity contribution in [3.63, 3.8) is 0 Å². The highest BCUT2D eigenvalue weighted by Gasteiger charge is 2.22. The molecule has 0 radical (unpaired) electrons. The molecule has 0 spiro atoms. The summed E-state index contributed by atoms with van der Waals surface area (Å²) in [6, 6.07) is 11.5. The van der Waals surface area contributed by atoms with Crippen LogP contribution in [0.4, 0.5) is 0 Å². The Bertz CT molecular complexity index is 968. The van der Waals surface area contributed by atoms with Gasteiger partial charge in [0.15, 0.2) is 5.69 Å². The minimum Gasteiger partial charge on any atom is -0.496 e. The van der Waals surface area contributed by atoms with Crippen molar-refractivity contribution in [1.29, 1.82) is 0 Å². The Morgan fingerprint density at radius 1 is 1.14 bits per heavy atom. The van der Waals surface area contributed by atoms with Crippen LogP contribution in [0.25, 0.3) is 0 Å². The molecule has 8 nitrogen and oxygen atoms in total. The SMILES string of the molecule is COc1ccccc1CN(Cc1cccs1)C(=O)c1cn(CC(=O)N(C)C)nn1. The lowest BCUT2D eigenvalue weighted by Gasteiger charge is -2.22. The summed E-state index contributed by atoms with van der Waals surface area (Å²) in [5.74, 6) is 0.336. The highest BCUT2D eigenvalue weighted by Crippen LogP contribution is 2.22. The van der Waals surface area contributed by atoms with E-state index in [1.165, 1.54) is 15.8 Å². The summed E-state index contributed by atoms with van der Waals surface area (Å²) in [7, 11) is 4.94. The molecule has 2 aromatic heterocycles. The Kier molecular flexibility index (Phi) is 6.61. The maximum absolute atomic E-state index is 13.2. The molecule has 152 valence electrons. The van der Waals surface area contributed by atoms with Crippen LogP contribution in [0.1, 0.15) is 20.9 Å². The fourth-order valence-corrected chi connectivity index (χ4v) is 3.46. The number of ether oxygens (including phenoxy) is 1. The summed E-state index contributed by atoms with van der Waals surface area (Å²) >= 11 is 1.58. The average Bonchev–Trinajstić information content (AvgIpc) is 3.39. The Morgan fingerprint density at radius 3 is 2.62 bits per heavy atom. The number of thiophene rings is 1. The first-order chi connectivity index (χ1) is 14.0. The second-order valence-electron chi connectivity index (χ2n) is 6.64. The van der Waals surface area contributed by atoms with E-state index in [9.17, 15) is 9.59 Å². The normalized spacial score (nSPS) is 10.6. The molecule has 0 aliphatic rings. The van der Waals surface area contributed by atoms with Crippen molar-refractivity contribution in [3.8, 4) is 5.75 Å². The van der Waals surface area contributed by atoms with Crippen LogP contribution < -0.4 is 4.74 Å². The summed E-state index contributed by atoms with van der Waals surface area (Å²) in [5, 5.41) is 9.89. The lowest BCUT2D eigenvalue weighted by Crippen LogP contribution is -2.30. The molecule has 0 aliphatic carbocycles. The van der Waals surface area contributed by atoms with Gasteiger partial charge in [0, 0.05) is 24.5 Å². The third kappa shape index (κ3) is 5.20. The second kappa shape index (κ2) is 9.33. The predicted molar refractivity (Wildman–Crippen MR) is 110 cm³/mol. The fraction of sp³-hybridized carbons (Fsp3) is 0.300. The smallest absolute Gasteiger partial charge is 0.276 e. The van der Waals surface area contributed by atoms with Crippen molar-refractivity contribution >= 4 is 23.2 Å². The van der Waals surface area contributed by atoms with Gasteiger partial charge in [-0.3, -0.25) is 9.59 Å². The van der Waals surface area contributed by atoms with Gasteiger partial charge in [-0.25, -0.2) is 4.68 Å². The summed E-state index contributed by atoms with van der Waals surface area (Å²) in [6.45, 7) is 0.840. The molecule has 3 rings (SSSR count). The molecule has 29 heavy (non-hydrogen) atoms. The molecule has 0 aliphatic heterocycles. The lowest BCUT2D eigenvalue weighted by molar-refractivity contribution is -0.129. The Balaban J connectivity index is 1.82. The van der Waals surface area contributed by atoms with Crippen LogP contribution >= 0.6 is 11.3 Å². The van der Waals surface area contributed by atoms with Gasteiger partial charge < -0.3 is 14.5 Å². The molecule has 0 bridgehead atoms. The molecule has 9 heteroatoms. The van der Waals surface area contributed by atoms with Gasteiger partial charge in [0.2, 0.25) is 5.91 Å². The number of amides is 2. The van der Waals surface area contributed by atoms with Gasteiger partial charge in [-0.1, -0.05) is 29.5 Å². The molecule has 0 saturated carbocycles. The van der Waals surface area contributed by atoms with Gasteiger partial charge in [-0.2, -0.15) is 0 Å². The number of hydrogen-bond donors (Lipinski definition) is 0. The highest BCUT2D eigenvalue weighted by molar-refractivity contribution is 7.09. The standard InChI is InChI=1S/C20H23N5O3S/c1-23(2)19(26)14-25-13-17(21-22-25)20(27)24(12-16-8-6-10-29-16)11-15-7-4-5-9-18(15)28-3/h4-10,13H,11-12,14H2,1-3H3. The first-order valence-electron chi connectivity index (χ1n) is 9.01. The van der Waals surface area contributed by atoms with Gasteiger partial charge in [0.25, 0.3) is 5.91 Å². The van der Waals surface area contributed by atoms with Crippen molar-refractivity contribution < 1.29 is 14.3 Å². The van der Waals surface area contributed by atoms with Crippen molar-refractivity contribution in [2.45, 2.75) is 19.6 Å². The molecule has 0 N–H and O–H groups in total. The summed E-state index contributed by atoms with van der Waals surface area (Å²) in [4.78, 5) is 29.3. The van der Waals surface area contributed by atoms with E-state index in [0.29, 0.717) is 13.1 Å². The third-order valence-electron chi connectivity index (χ3n) is 4.32. The van der Waals surface area contributed by atoms with Crippen LogP contribution in [0.15, 0.2) is 48.0 Å². The Morgan fingerprint density at radius 2 is 1.93 bits per heavy atom. The molecule has 2 heterocycles. The molecule has 0 unspecified atom stereocenters. The Hall–Kier alpha value is -3.20. The zero-order chi connectivity index (χ0) is 20.8. The highest BCUT2D eigenvalue weighted by atomic mass is 32.1. The van der Waals surface area contributed by atoms with Crippen LogP contribution in [0.2, 0.25) is 0 Å². The van der Waals surface area contributed by atoms with Gasteiger partial charge in [-0.05, 0) is 17.5 Å². The number of rotatable bonds is 8. The molecule has 2 amide bonds. The van der Waals surface area contributed by atoms with Crippen LogP contribution in [-0.4, -0.2) is 57.8 Å². The number of hydrogen-bond acceptors (Lipinski definition) is 6. The number of likely N-dealkylation sites (N-methyl/N-ethyl adjacent to an activating group) is 1. The van der Waals surface area contributed by atoms with Crippen molar-refractivity contribution in [3.05, 3.63) is 64.1 Å². The topological polar surface area (TPSA) is 80.6 Å². The van der Waals surface area contributed by atoms with Crippen LogP contribution in [0, 0.1) is 0 Å². The second-order valence-corrected chi connectivity index (χ2v) is 7.67. The Labute approximate surface area is 173 Å². The fourth-order valence-electron chi connectivity index (χ4n) is 2.75. The van der Waals surface area contributed by atoms with E-state index in [1.54, 1.807) is 37.4 Å². The summed E-state index contributed by atoms with van der Waals surface area (Å²) in [6.07, 6.45) is 1.51. The molecule has 0 atom stereocenters. The average molecular weight is 414 g/mol. The summed E-state index contributed by atoms with van der Waals surface area (Å²) in [5.41, 5.74) is 1.10. The summed E-state index contributed by atoms with van der Waals surface area (Å²) < 4.78 is 6.80. The lowest BCUT2D eigenvalue weighted by atomic mass is 10.1. The van der Waals surface area contributed by atoms with E-state index in [0.717, 1.165) is 16.2 Å². The maximum Gasteiger partial charge on any atom is 0.276 e. The van der Waals surface area contributed by atoms with Crippen LogP contribution in [0.3, 0.4) is 0 Å². The quantitative estimate of drug-likeness (QED) is 0.566. The number of carbonyl (C=O) groups excluding carboxylic acids is 2. The largest absolute Gasteiger partial charge is 0.496 e. The third-order valence-corrected chi connectivity index (χ3v) is 5.18. The number of aromatic nitrogens is 3. The number of para-hydroxylation sites is 1. The van der Waals surface area contributed by atoms with Gasteiger partial charge in [-0.15, -0.1) is 16.4 Å². The van der Waals surface area contributed by atoms with E-state index in [4.69, 9.17) is 4.74 Å². The van der Waals surface area contributed by atoms with Crippen molar-refractivity contribution in [1.82, 2.24) is 24.8 Å². The van der Waals surface area contributed by atoms with E-state index in [-0.39, 0.29) is 24.1 Å². The molecular weight excluding hydrogens is 390 g/mol. The van der Waals surface area contributed by atoms with Crippen molar-refractivity contribution in [2.24, 2.45) is 0 Å². The number of nitrogens with zero attached hydrogens (tertiary/aromatic N) is 5. The van der Waals surface area contributed by atoms with E-state index < -0.39 is 0 Å². The molecular formula is C20H23N5O3S. The zero-order valence-electron chi connectivity index (χ0n) is 16.6. The van der Waals surface area contributed by atoms with Gasteiger partial charge >= 0.3 is 0 Å². The van der Waals surface area contributed by atoms with Gasteiger partial charge in [0.05, 0.1) is 26.4 Å². The van der Waals surface area contributed by atoms with E-state index >= 15 is 0 Å². The van der Waals surface area contributed by atoms with Crippen LogP contribution in [-0.2, 0) is 24.4 Å². The maximum atomic E-state index is 13.2. The monoisotopic (exact) mass is 413 g/mol. The molecule has 3 aromatic rings. The minimum absolute atomic E-state index is 0.0325.